The number of fused-ring (bicyclic) bond motifs is 7. The summed E-state index contributed by atoms with van der Waals surface area (Å²) in [5.41, 5.74) is 10.4. The van der Waals surface area contributed by atoms with E-state index >= 15 is 0 Å². The molecule has 0 fully saturated rings. The predicted molar refractivity (Wildman–Crippen MR) is 136 cm³/mol. The second kappa shape index (κ2) is 7.21. The Labute approximate surface area is 195 Å². The van der Waals surface area contributed by atoms with E-state index in [2.05, 4.69) is 98.9 Å². The number of benzene rings is 4. The molecule has 1 heterocycles. The van der Waals surface area contributed by atoms with E-state index < -0.39 is 5.41 Å². The molecule has 33 heavy (non-hydrogen) atoms. The standard InChI is InChI=1S/C32H24O/c1-4-26-30(5-2)33-31-16-9-8-15-28(31)32(26)27-14-7-6-13-24(27)25-18-17-23(20-29(25)32)22-12-10-11-21(3)19-22/h4-20H,1-2H2,3H3. The van der Waals surface area contributed by atoms with Crippen LogP contribution in [0, 0.1) is 6.92 Å². The molecular formula is C32H24O. The Balaban J connectivity index is 1.77. The average Bonchev–Trinajstić information content (AvgIpc) is 3.14. The third kappa shape index (κ3) is 2.60. The molecule has 1 atom stereocenters. The highest BCUT2D eigenvalue weighted by Crippen LogP contribution is 2.61. The third-order valence-electron chi connectivity index (χ3n) is 6.97. The van der Waals surface area contributed by atoms with E-state index in [1.807, 2.05) is 18.2 Å². The molecule has 1 aliphatic heterocycles. The molecule has 0 amide bonds. The molecule has 4 aromatic carbocycles. The van der Waals surface area contributed by atoms with Crippen LogP contribution in [0.2, 0.25) is 0 Å². The highest BCUT2D eigenvalue weighted by Gasteiger charge is 2.51. The Kier molecular flexibility index (Phi) is 4.28. The van der Waals surface area contributed by atoms with Gasteiger partial charge in [0.25, 0.3) is 0 Å². The van der Waals surface area contributed by atoms with Crippen molar-refractivity contribution < 1.29 is 4.74 Å². The lowest BCUT2D eigenvalue weighted by molar-refractivity contribution is 0.403. The quantitative estimate of drug-likeness (QED) is 0.324. The minimum absolute atomic E-state index is 0.508. The number of hydrogen-bond donors (Lipinski definition) is 0. The number of allylic oxidation sites excluding steroid dienone is 3. The fraction of sp³-hybridized carbons (Fsp3) is 0.0625. The van der Waals surface area contributed by atoms with Gasteiger partial charge in [0.15, 0.2) is 0 Å². The highest BCUT2D eigenvalue weighted by atomic mass is 16.5. The van der Waals surface area contributed by atoms with Crippen LogP contribution in [0.5, 0.6) is 5.75 Å². The minimum atomic E-state index is -0.508. The molecule has 0 saturated carbocycles. The fourth-order valence-corrected chi connectivity index (χ4v) is 5.64. The summed E-state index contributed by atoms with van der Waals surface area (Å²) in [7, 11) is 0. The molecule has 0 bridgehead atoms. The van der Waals surface area contributed by atoms with Crippen LogP contribution in [0.3, 0.4) is 0 Å². The maximum Gasteiger partial charge on any atom is 0.132 e. The topological polar surface area (TPSA) is 9.23 Å². The van der Waals surface area contributed by atoms with E-state index in [1.165, 1.54) is 38.9 Å². The molecule has 6 rings (SSSR count). The van der Waals surface area contributed by atoms with Gasteiger partial charge < -0.3 is 4.74 Å². The first-order valence-corrected chi connectivity index (χ1v) is 11.3. The van der Waals surface area contributed by atoms with Crippen LogP contribution in [-0.2, 0) is 5.41 Å². The van der Waals surface area contributed by atoms with Crippen molar-refractivity contribution in [3.05, 3.63) is 150 Å². The number of hydrogen-bond acceptors (Lipinski definition) is 1. The first-order valence-electron chi connectivity index (χ1n) is 11.3. The second-order valence-electron chi connectivity index (χ2n) is 8.71. The van der Waals surface area contributed by atoms with E-state index in [0.29, 0.717) is 0 Å². The summed E-state index contributed by atoms with van der Waals surface area (Å²) in [6.07, 6.45) is 3.75. The molecule has 1 nitrogen and oxygen atoms in total. The van der Waals surface area contributed by atoms with Gasteiger partial charge in [0, 0.05) is 11.1 Å². The van der Waals surface area contributed by atoms with Gasteiger partial charge in [-0.2, -0.15) is 0 Å². The molecule has 1 heteroatoms. The van der Waals surface area contributed by atoms with E-state index in [4.69, 9.17) is 4.74 Å². The molecule has 0 radical (unpaired) electrons. The normalized spacial score (nSPS) is 17.7. The SMILES string of the molecule is C=CC1=C(C=C)C2(c3ccccc3O1)c1ccccc1-c1ccc(-c3cccc(C)c3)cc12. The van der Waals surface area contributed by atoms with Crippen LogP contribution in [0.4, 0.5) is 0 Å². The number of rotatable bonds is 3. The molecular weight excluding hydrogens is 400 g/mol. The first kappa shape index (κ1) is 19.6. The summed E-state index contributed by atoms with van der Waals surface area (Å²) in [4.78, 5) is 0. The average molecular weight is 425 g/mol. The number of aryl methyl sites for hydroxylation is 1. The van der Waals surface area contributed by atoms with Gasteiger partial charge in [-0.05, 0) is 58.5 Å². The molecule has 0 N–H and O–H groups in total. The number of ether oxygens (including phenoxy) is 1. The Hall–Kier alpha value is -4.10. The van der Waals surface area contributed by atoms with Crippen molar-refractivity contribution >= 4 is 0 Å². The molecule has 0 aromatic heterocycles. The smallest absolute Gasteiger partial charge is 0.132 e. The van der Waals surface area contributed by atoms with Crippen molar-refractivity contribution in [3.8, 4) is 28.0 Å². The zero-order valence-electron chi connectivity index (χ0n) is 18.6. The van der Waals surface area contributed by atoms with Crippen LogP contribution >= 0.6 is 0 Å². The summed E-state index contributed by atoms with van der Waals surface area (Å²) < 4.78 is 6.32. The predicted octanol–water partition coefficient (Wildman–Crippen LogP) is 8.00. The van der Waals surface area contributed by atoms with Gasteiger partial charge in [-0.25, -0.2) is 0 Å². The van der Waals surface area contributed by atoms with Gasteiger partial charge in [0.05, 0.1) is 5.41 Å². The number of para-hydroxylation sites is 1. The molecule has 158 valence electrons. The van der Waals surface area contributed by atoms with Gasteiger partial charge >= 0.3 is 0 Å². The first-order chi connectivity index (χ1) is 16.2. The Morgan fingerprint density at radius 2 is 1.39 bits per heavy atom. The molecule has 4 aromatic rings. The lowest BCUT2D eigenvalue weighted by Gasteiger charge is -2.39. The van der Waals surface area contributed by atoms with Crippen molar-refractivity contribution in [3.63, 3.8) is 0 Å². The van der Waals surface area contributed by atoms with Crippen molar-refractivity contribution in [1.82, 2.24) is 0 Å². The largest absolute Gasteiger partial charge is 0.457 e. The molecule has 1 spiro atoms. The van der Waals surface area contributed by atoms with Crippen molar-refractivity contribution in [1.29, 1.82) is 0 Å². The Bertz CT molecular complexity index is 1490. The summed E-state index contributed by atoms with van der Waals surface area (Å²) >= 11 is 0. The maximum absolute atomic E-state index is 6.32. The van der Waals surface area contributed by atoms with E-state index in [1.54, 1.807) is 6.08 Å². The van der Waals surface area contributed by atoms with Crippen LogP contribution in [0.15, 0.2) is 128 Å². The van der Waals surface area contributed by atoms with Crippen molar-refractivity contribution in [2.75, 3.05) is 0 Å². The van der Waals surface area contributed by atoms with Gasteiger partial charge in [-0.3, -0.25) is 0 Å². The fourth-order valence-electron chi connectivity index (χ4n) is 5.64. The zero-order valence-corrected chi connectivity index (χ0v) is 18.6. The van der Waals surface area contributed by atoms with E-state index in [0.717, 1.165) is 22.6 Å². The molecule has 2 aliphatic rings. The van der Waals surface area contributed by atoms with Gasteiger partial charge in [-0.1, -0.05) is 104 Å². The molecule has 1 unspecified atom stereocenters. The molecule has 0 saturated heterocycles. The third-order valence-corrected chi connectivity index (χ3v) is 6.97. The zero-order chi connectivity index (χ0) is 22.6. The van der Waals surface area contributed by atoms with Crippen LogP contribution in [0.1, 0.15) is 22.3 Å². The van der Waals surface area contributed by atoms with Crippen LogP contribution in [-0.4, -0.2) is 0 Å². The van der Waals surface area contributed by atoms with Crippen LogP contribution in [0.25, 0.3) is 22.3 Å². The Morgan fingerprint density at radius 3 is 2.18 bits per heavy atom. The maximum atomic E-state index is 6.32. The van der Waals surface area contributed by atoms with Crippen LogP contribution < -0.4 is 4.74 Å². The lowest BCUT2D eigenvalue weighted by atomic mass is 9.65. The van der Waals surface area contributed by atoms with E-state index in [9.17, 15) is 0 Å². The van der Waals surface area contributed by atoms with Crippen molar-refractivity contribution in [2.24, 2.45) is 0 Å². The summed E-state index contributed by atoms with van der Waals surface area (Å²) in [6, 6.07) is 32.6. The Morgan fingerprint density at radius 1 is 0.667 bits per heavy atom. The van der Waals surface area contributed by atoms with Crippen molar-refractivity contribution in [2.45, 2.75) is 12.3 Å². The van der Waals surface area contributed by atoms with Gasteiger partial charge in [0.1, 0.15) is 11.5 Å². The second-order valence-corrected chi connectivity index (χ2v) is 8.71. The minimum Gasteiger partial charge on any atom is -0.457 e. The van der Waals surface area contributed by atoms with Gasteiger partial charge in [0.2, 0.25) is 0 Å². The summed E-state index contributed by atoms with van der Waals surface area (Å²) in [5, 5.41) is 0. The highest BCUT2D eigenvalue weighted by molar-refractivity contribution is 5.90. The van der Waals surface area contributed by atoms with E-state index in [-0.39, 0.29) is 0 Å². The van der Waals surface area contributed by atoms with Gasteiger partial charge in [-0.15, -0.1) is 0 Å². The lowest BCUT2D eigenvalue weighted by Crippen LogP contribution is -2.34. The monoisotopic (exact) mass is 424 g/mol. The summed E-state index contributed by atoms with van der Waals surface area (Å²) in [6.45, 7) is 10.4. The summed E-state index contributed by atoms with van der Waals surface area (Å²) in [5.74, 6) is 1.62. The molecule has 1 aliphatic carbocycles.